The molecule has 0 spiro atoms. The molecule has 0 unspecified atom stereocenters. The first-order valence-corrected chi connectivity index (χ1v) is 8.03. The Labute approximate surface area is 122 Å². The van der Waals surface area contributed by atoms with Crippen LogP contribution < -0.4 is 5.73 Å². The van der Waals surface area contributed by atoms with E-state index in [0.29, 0.717) is 6.54 Å². The number of nitrogens with two attached hydrogens (primary N) is 1. The number of hydrogen-bond donors (Lipinski definition) is 1. The zero-order valence-corrected chi connectivity index (χ0v) is 12.5. The molecule has 8 heteroatoms. The normalized spacial score (nSPS) is 12.9. The van der Waals surface area contributed by atoms with Gasteiger partial charge in [-0.15, -0.1) is 0 Å². The van der Waals surface area contributed by atoms with Crippen LogP contribution in [0, 0.1) is 0 Å². The van der Waals surface area contributed by atoms with Crippen LogP contribution in [0.4, 0.5) is 13.2 Å². The predicted molar refractivity (Wildman–Crippen MR) is 74.9 cm³/mol. The highest BCUT2D eigenvalue weighted by molar-refractivity contribution is 7.89. The maximum Gasteiger partial charge on any atom is 0.389 e. The molecule has 2 N–H and O–H groups in total. The minimum Gasteiger partial charge on any atom is -0.326 e. The smallest absolute Gasteiger partial charge is 0.326 e. The van der Waals surface area contributed by atoms with Gasteiger partial charge in [0.25, 0.3) is 0 Å². The number of sulfonamides is 1. The van der Waals surface area contributed by atoms with E-state index in [1.165, 1.54) is 7.05 Å². The molecule has 0 atom stereocenters. The molecular formula is C13H19F3N2O2S. The van der Waals surface area contributed by atoms with Gasteiger partial charge in [-0.3, -0.25) is 0 Å². The van der Waals surface area contributed by atoms with Crippen molar-refractivity contribution < 1.29 is 21.6 Å². The molecule has 21 heavy (non-hydrogen) atoms. The molecule has 0 fully saturated rings. The van der Waals surface area contributed by atoms with E-state index in [-0.39, 0.29) is 6.54 Å². The Morgan fingerprint density at radius 1 is 1.24 bits per heavy atom. The van der Waals surface area contributed by atoms with Crippen molar-refractivity contribution in [3.05, 3.63) is 35.4 Å². The maximum atomic E-state index is 12.0. The number of alkyl halides is 3. The average molecular weight is 324 g/mol. The van der Waals surface area contributed by atoms with Gasteiger partial charge in [-0.05, 0) is 17.5 Å². The van der Waals surface area contributed by atoms with Gasteiger partial charge in [-0.2, -0.15) is 13.2 Å². The fraction of sp³-hybridized carbons (Fsp3) is 0.538. The van der Waals surface area contributed by atoms with E-state index >= 15 is 0 Å². The zero-order valence-electron chi connectivity index (χ0n) is 11.7. The minimum absolute atomic E-state index is 0.113. The van der Waals surface area contributed by atoms with Gasteiger partial charge >= 0.3 is 6.18 Å². The third-order valence-electron chi connectivity index (χ3n) is 2.97. The van der Waals surface area contributed by atoms with Gasteiger partial charge in [0, 0.05) is 26.6 Å². The Kier molecular flexibility index (Phi) is 6.18. The summed E-state index contributed by atoms with van der Waals surface area (Å²) in [6.45, 7) is 0.456. The van der Waals surface area contributed by atoms with Gasteiger partial charge in [0.05, 0.1) is 5.75 Å². The van der Waals surface area contributed by atoms with Crippen molar-refractivity contribution >= 4 is 10.0 Å². The number of rotatable bonds is 7. The van der Waals surface area contributed by atoms with Crippen LogP contribution in [0.2, 0.25) is 0 Å². The molecule has 0 aliphatic rings. The van der Waals surface area contributed by atoms with Crippen molar-refractivity contribution in [1.29, 1.82) is 0 Å². The Balaban J connectivity index is 2.62. The lowest BCUT2D eigenvalue weighted by Gasteiger charge is -2.18. The molecular weight excluding hydrogens is 305 g/mol. The quantitative estimate of drug-likeness (QED) is 0.837. The summed E-state index contributed by atoms with van der Waals surface area (Å²) >= 11 is 0. The van der Waals surface area contributed by atoms with Crippen LogP contribution in [0.5, 0.6) is 0 Å². The number of benzene rings is 1. The topological polar surface area (TPSA) is 63.4 Å². The van der Waals surface area contributed by atoms with Crippen LogP contribution in [-0.4, -0.2) is 31.7 Å². The lowest BCUT2D eigenvalue weighted by molar-refractivity contribution is -0.134. The van der Waals surface area contributed by atoms with Gasteiger partial charge < -0.3 is 5.73 Å². The largest absolute Gasteiger partial charge is 0.389 e. The summed E-state index contributed by atoms with van der Waals surface area (Å²) in [4.78, 5) is 0. The van der Waals surface area contributed by atoms with Crippen molar-refractivity contribution in [2.45, 2.75) is 32.1 Å². The summed E-state index contributed by atoms with van der Waals surface area (Å²) in [7, 11) is -2.34. The first-order chi connectivity index (χ1) is 9.64. The molecule has 1 rings (SSSR count). The van der Waals surface area contributed by atoms with E-state index in [2.05, 4.69) is 0 Å². The van der Waals surface area contributed by atoms with Crippen LogP contribution in [0.25, 0.3) is 0 Å². The lowest BCUT2D eigenvalue weighted by atomic mass is 10.1. The van der Waals surface area contributed by atoms with Gasteiger partial charge in [-0.25, -0.2) is 12.7 Å². The van der Waals surface area contributed by atoms with Crippen molar-refractivity contribution in [3.63, 3.8) is 0 Å². The third-order valence-corrected chi connectivity index (χ3v) is 4.85. The van der Waals surface area contributed by atoms with Crippen molar-refractivity contribution in [3.8, 4) is 0 Å². The molecule has 1 aromatic rings. The van der Waals surface area contributed by atoms with Crippen LogP contribution >= 0.6 is 0 Å². The fourth-order valence-electron chi connectivity index (χ4n) is 1.82. The highest BCUT2D eigenvalue weighted by atomic mass is 32.2. The molecule has 0 bridgehead atoms. The maximum absolute atomic E-state index is 12.0. The highest BCUT2D eigenvalue weighted by Crippen LogP contribution is 2.22. The van der Waals surface area contributed by atoms with E-state index in [1.54, 1.807) is 18.2 Å². The summed E-state index contributed by atoms with van der Waals surface area (Å²) in [6.07, 6.45) is -5.86. The predicted octanol–water partition coefficient (Wildman–Crippen LogP) is 2.25. The molecule has 0 aromatic heterocycles. The molecule has 0 aliphatic heterocycles. The van der Waals surface area contributed by atoms with Crippen LogP contribution in [0.3, 0.4) is 0 Å². The number of hydrogen-bond acceptors (Lipinski definition) is 3. The van der Waals surface area contributed by atoms with Gasteiger partial charge in [0.15, 0.2) is 0 Å². The molecule has 0 aliphatic carbocycles. The number of nitrogens with zero attached hydrogens (tertiary/aromatic N) is 1. The first kappa shape index (κ1) is 17.9. The summed E-state index contributed by atoms with van der Waals surface area (Å²) in [5.41, 5.74) is 7.12. The molecule has 0 saturated carbocycles. The van der Waals surface area contributed by atoms with Crippen LogP contribution in [0.1, 0.15) is 24.0 Å². The fourth-order valence-corrected chi connectivity index (χ4v) is 2.99. The second kappa shape index (κ2) is 7.24. The SMILES string of the molecule is CN(Cc1cccc(CN)c1)S(=O)(=O)CCCC(F)(F)F. The molecule has 4 nitrogen and oxygen atoms in total. The molecule has 1 aromatic carbocycles. The van der Waals surface area contributed by atoms with Crippen molar-refractivity contribution in [1.82, 2.24) is 4.31 Å². The van der Waals surface area contributed by atoms with Crippen LogP contribution in [-0.2, 0) is 23.1 Å². The standard InChI is InChI=1S/C13H19F3N2O2S/c1-18(10-12-5-2-4-11(8-12)9-17)21(19,20)7-3-6-13(14,15)16/h2,4-5,8H,3,6-7,9-10,17H2,1H3. The monoisotopic (exact) mass is 324 g/mol. The number of halogens is 3. The first-order valence-electron chi connectivity index (χ1n) is 6.43. The highest BCUT2D eigenvalue weighted by Gasteiger charge is 2.28. The van der Waals surface area contributed by atoms with Gasteiger partial charge in [-0.1, -0.05) is 24.3 Å². The Hall–Kier alpha value is -1.12. The molecule has 0 saturated heterocycles. The molecule has 0 heterocycles. The Bertz CT molecular complexity index is 559. The molecule has 0 radical (unpaired) electrons. The van der Waals surface area contributed by atoms with E-state index in [9.17, 15) is 21.6 Å². The van der Waals surface area contributed by atoms with E-state index in [4.69, 9.17) is 5.73 Å². The van der Waals surface area contributed by atoms with E-state index in [0.717, 1.165) is 15.4 Å². The van der Waals surface area contributed by atoms with Crippen molar-refractivity contribution in [2.75, 3.05) is 12.8 Å². The summed E-state index contributed by atoms with van der Waals surface area (Å²) in [5.74, 6) is -0.514. The Morgan fingerprint density at radius 3 is 2.43 bits per heavy atom. The Morgan fingerprint density at radius 2 is 1.86 bits per heavy atom. The molecule has 0 amide bonds. The third kappa shape index (κ3) is 6.45. The van der Waals surface area contributed by atoms with Gasteiger partial charge in [0.1, 0.15) is 0 Å². The van der Waals surface area contributed by atoms with E-state index < -0.39 is 34.8 Å². The van der Waals surface area contributed by atoms with E-state index in [1.807, 2.05) is 6.07 Å². The summed E-state index contributed by atoms with van der Waals surface area (Å²) < 4.78 is 61.0. The zero-order chi connectivity index (χ0) is 16.1. The summed E-state index contributed by atoms with van der Waals surface area (Å²) in [6, 6.07) is 7.12. The van der Waals surface area contributed by atoms with Gasteiger partial charge in [0.2, 0.25) is 10.0 Å². The molecule has 120 valence electrons. The summed E-state index contributed by atoms with van der Waals surface area (Å²) in [5, 5.41) is 0. The van der Waals surface area contributed by atoms with Crippen molar-refractivity contribution in [2.24, 2.45) is 5.73 Å². The second-order valence-corrected chi connectivity index (χ2v) is 7.01. The second-order valence-electron chi connectivity index (χ2n) is 4.81. The van der Waals surface area contributed by atoms with Crippen LogP contribution in [0.15, 0.2) is 24.3 Å². The average Bonchev–Trinajstić information content (AvgIpc) is 2.37. The lowest BCUT2D eigenvalue weighted by Crippen LogP contribution is -2.29. The minimum atomic E-state index is -4.33.